The van der Waals surface area contributed by atoms with E-state index < -0.39 is 0 Å². The lowest BCUT2D eigenvalue weighted by molar-refractivity contribution is 0.260. The summed E-state index contributed by atoms with van der Waals surface area (Å²) < 4.78 is 0. The van der Waals surface area contributed by atoms with E-state index in [0.717, 1.165) is 17.5 Å². The Morgan fingerprint density at radius 3 is 2.21 bits per heavy atom. The van der Waals surface area contributed by atoms with Crippen LogP contribution in [0.15, 0.2) is 18.2 Å². The Kier molecular flexibility index (Phi) is 4.11. The minimum atomic E-state index is -0.00213. The zero-order valence-electron chi connectivity index (χ0n) is 8.83. The minimum Gasteiger partial charge on any atom is -0.392 e. The molecule has 78 valence electrons. The molecule has 0 saturated heterocycles. The molecule has 0 aliphatic carbocycles. The van der Waals surface area contributed by atoms with Gasteiger partial charge in [-0.3, -0.25) is 0 Å². The van der Waals surface area contributed by atoms with Gasteiger partial charge in [0.1, 0.15) is 0 Å². The Morgan fingerprint density at radius 2 is 1.71 bits per heavy atom. The molecule has 1 aromatic carbocycles. The molecule has 0 atom stereocenters. The molecule has 0 aliphatic rings. The summed E-state index contributed by atoms with van der Waals surface area (Å²) in [5.41, 5.74) is 2.88. The first kappa shape index (κ1) is 11.2. The first-order valence-corrected chi connectivity index (χ1v) is 4.99. The molecule has 0 aromatic heterocycles. The zero-order valence-corrected chi connectivity index (χ0v) is 8.83. The second kappa shape index (κ2) is 5.13. The van der Waals surface area contributed by atoms with Gasteiger partial charge in [-0.1, -0.05) is 32.0 Å². The van der Waals surface area contributed by atoms with Crippen LogP contribution in [0, 0.1) is 5.92 Å². The lowest BCUT2D eigenvalue weighted by atomic mass is 9.98. The first-order chi connectivity index (χ1) is 6.67. The largest absolute Gasteiger partial charge is 0.392 e. The fourth-order valence-corrected chi connectivity index (χ4v) is 1.58. The normalized spacial score (nSPS) is 10.9. The number of benzene rings is 1. The molecular formula is C12H18O2. The summed E-state index contributed by atoms with van der Waals surface area (Å²) in [4.78, 5) is 0. The molecule has 2 N–H and O–H groups in total. The highest BCUT2D eigenvalue weighted by atomic mass is 16.3. The van der Waals surface area contributed by atoms with E-state index in [1.165, 1.54) is 5.56 Å². The van der Waals surface area contributed by atoms with Gasteiger partial charge in [-0.25, -0.2) is 0 Å². The van der Waals surface area contributed by atoms with Crippen LogP contribution in [0.4, 0.5) is 0 Å². The summed E-state index contributed by atoms with van der Waals surface area (Å²) >= 11 is 0. The standard InChI is InChI=1S/C12H18O2/c1-9(2)5-10-3-4-11(7-13)12(6-10)8-14/h3-4,6,9,13-14H,5,7-8H2,1-2H3. The highest BCUT2D eigenvalue weighted by Crippen LogP contribution is 2.15. The van der Waals surface area contributed by atoms with Crippen LogP contribution >= 0.6 is 0 Å². The number of aliphatic hydroxyl groups excluding tert-OH is 2. The van der Waals surface area contributed by atoms with Gasteiger partial charge in [0.2, 0.25) is 0 Å². The van der Waals surface area contributed by atoms with Crippen LogP contribution in [0.2, 0.25) is 0 Å². The average molecular weight is 194 g/mol. The predicted octanol–water partition coefficient (Wildman–Crippen LogP) is 1.87. The smallest absolute Gasteiger partial charge is 0.0685 e. The summed E-state index contributed by atoms with van der Waals surface area (Å²) in [5, 5.41) is 18.1. The number of aliphatic hydroxyl groups is 2. The van der Waals surface area contributed by atoms with Crippen molar-refractivity contribution >= 4 is 0 Å². The maximum Gasteiger partial charge on any atom is 0.0685 e. The molecule has 0 radical (unpaired) electrons. The van der Waals surface area contributed by atoms with Gasteiger partial charge in [0.15, 0.2) is 0 Å². The summed E-state index contributed by atoms with van der Waals surface area (Å²) in [6, 6.07) is 5.89. The fraction of sp³-hybridized carbons (Fsp3) is 0.500. The van der Waals surface area contributed by atoms with Crippen LogP contribution in [0.25, 0.3) is 0 Å². The van der Waals surface area contributed by atoms with Crippen LogP contribution in [0.3, 0.4) is 0 Å². The van der Waals surface area contributed by atoms with Gasteiger partial charge in [-0.05, 0) is 29.0 Å². The maximum atomic E-state index is 9.10. The second-order valence-corrected chi connectivity index (χ2v) is 4.02. The molecule has 0 spiro atoms. The van der Waals surface area contributed by atoms with E-state index in [1.54, 1.807) is 0 Å². The van der Waals surface area contributed by atoms with E-state index in [4.69, 9.17) is 10.2 Å². The van der Waals surface area contributed by atoms with E-state index in [2.05, 4.69) is 13.8 Å². The molecular weight excluding hydrogens is 176 g/mol. The minimum absolute atomic E-state index is 0.00181. The third kappa shape index (κ3) is 2.82. The molecule has 1 rings (SSSR count). The lowest BCUT2D eigenvalue weighted by Gasteiger charge is -2.09. The van der Waals surface area contributed by atoms with Crippen molar-refractivity contribution in [1.82, 2.24) is 0 Å². The zero-order chi connectivity index (χ0) is 10.6. The van der Waals surface area contributed by atoms with Gasteiger partial charge in [0, 0.05) is 0 Å². The highest BCUT2D eigenvalue weighted by Gasteiger charge is 2.03. The molecule has 0 fully saturated rings. The molecule has 0 aliphatic heterocycles. The van der Waals surface area contributed by atoms with E-state index in [-0.39, 0.29) is 13.2 Å². The van der Waals surface area contributed by atoms with Gasteiger partial charge < -0.3 is 10.2 Å². The van der Waals surface area contributed by atoms with E-state index in [1.807, 2.05) is 18.2 Å². The van der Waals surface area contributed by atoms with Crippen LogP contribution in [-0.4, -0.2) is 10.2 Å². The third-order valence-electron chi connectivity index (χ3n) is 2.26. The monoisotopic (exact) mass is 194 g/mol. The van der Waals surface area contributed by atoms with Crippen molar-refractivity contribution in [3.63, 3.8) is 0 Å². The summed E-state index contributed by atoms with van der Waals surface area (Å²) in [6.07, 6.45) is 1.01. The summed E-state index contributed by atoms with van der Waals surface area (Å²) in [7, 11) is 0. The molecule has 2 nitrogen and oxygen atoms in total. The summed E-state index contributed by atoms with van der Waals surface area (Å²) in [6.45, 7) is 4.33. The third-order valence-corrected chi connectivity index (χ3v) is 2.26. The SMILES string of the molecule is CC(C)Cc1ccc(CO)c(CO)c1. The van der Waals surface area contributed by atoms with Crippen molar-refractivity contribution in [3.8, 4) is 0 Å². The molecule has 0 unspecified atom stereocenters. The average Bonchev–Trinajstić information content (AvgIpc) is 2.16. The molecule has 14 heavy (non-hydrogen) atoms. The Bertz CT molecular complexity index is 292. The summed E-state index contributed by atoms with van der Waals surface area (Å²) in [5.74, 6) is 0.613. The predicted molar refractivity (Wildman–Crippen MR) is 56.8 cm³/mol. The molecule has 0 heterocycles. The molecule has 0 bridgehead atoms. The van der Waals surface area contributed by atoms with Crippen LogP contribution < -0.4 is 0 Å². The van der Waals surface area contributed by atoms with Gasteiger partial charge in [0.25, 0.3) is 0 Å². The molecule has 2 heteroatoms. The highest BCUT2D eigenvalue weighted by molar-refractivity contribution is 5.31. The van der Waals surface area contributed by atoms with Gasteiger partial charge in [-0.15, -0.1) is 0 Å². The molecule has 1 aromatic rings. The fourth-order valence-electron chi connectivity index (χ4n) is 1.58. The van der Waals surface area contributed by atoms with Crippen molar-refractivity contribution in [2.24, 2.45) is 5.92 Å². The van der Waals surface area contributed by atoms with Gasteiger partial charge in [0.05, 0.1) is 13.2 Å². The van der Waals surface area contributed by atoms with E-state index >= 15 is 0 Å². The van der Waals surface area contributed by atoms with E-state index in [9.17, 15) is 0 Å². The van der Waals surface area contributed by atoms with Gasteiger partial charge >= 0.3 is 0 Å². The maximum absolute atomic E-state index is 9.10. The lowest BCUT2D eigenvalue weighted by Crippen LogP contribution is -1.99. The Hall–Kier alpha value is -0.860. The Labute approximate surface area is 85.2 Å². The molecule has 0 saturated carbocycles. The van der Waals surface area contributed by atoms with Crippen molar-refractivity contribution in [2.45, 2.75) is 33.5 Å². The van der Waals surface area contributed by atoms with Crippen LogP contribution in [0.5, 0.6) is 0 Å². The van der Waals surface area contributed by atoms with Crippen LogP contribution in [-0.2, 0) is 19.6 Å². The van der Waals surface area contributed by atoms with Crippen LogP contribution in [0.1, 0.15) is 30.5 Å². The van der Waals surface area contributed by atoms with Crippen molar-refractivity contribution in [1.29, 1.82) is 0 Å². The van der Waals surface area contributed by atoms with E-state index in [0.29, 0.717) is 5.92 Å². The van der Waals surface area contributed by atoms with Crippen molar-refractivity contribution in [3.05, 3.63) is 34.9 Å². The van der Waals surface area contributed by atoms with Crippen molar-refractivity contribution in [2.75, 3.05) is 0 Å². The number of hydrogen-bond donors (Lipinski definition) is 2. The van der Waals surface area contributed by atoms with Gasteiger partial charge in [-0.2, -0.15) is 0 Å². The quantitative estimate of drug-likeness (QED) is 0.768. The Morgan fingerprint density at radius 1 is 1.07 bits per heavy atom. The Balaban J connectivity index is 2.89. The topological polar surface area (TPSA) is 40.5 Å². The second-order valence-electron chi connectivity index (χ2n) is 4.02. The number of rotatable bonds is 4. The van der Waals surface area contributed by atoms with Crippen molar-refractivity contribution < 1.29 is 10.2 Å². The first-order valence-electron chi connectivity index (χ1n) is 4.99. The molecule has 0 amide bonds. The number of hydrogen-bond acceptors (Lipinski definition) is 2.